The maximum absolute atomic E-state index is 12.2. The summed E-state index contributed by atoms with van der Waals surface area (Å²) >= 11 is 1.64. The number of carbonyl (C=O) groups is 2. The number of unbranched alkanes of at least 4 members (excludes halogenated alkanes) is 3. The molecule has 2 heterocycles. The SMILES string of the molecule is Cn1nnnc1SCCCCCCN1C(=O)c2ccccc2C1=O. The van der Waals surface area contributed by atoms with Gasteiger partial charge in [0.05, 0.1) is 11.1 Å². The largest absolute Gasteiger partial charge is 0.274 e. The van der Waals surface area contributed by atoms with Gasteiger partial charge in [0.2, 0.25) is 5.16 Å². The van der Waals surface area contributed by atoms with Gasteiger partial charge in [-0.15, -0.1) is 5.10 Å². The number of hydrogen-bond acceptors (Lipinski definition) is 6. The lowest BCUT2D eigenvalue weighted by Gasteiger charge is -2.13. The topological polar surface area (TPSA) is 81.0 Å². The van der Waals surface area contributed by atoms with E-state index in [1.807, 2.05) is 7.05 Å². The Balaban J connectivity index is 1.35. The molecule has 126 valence electrons. The van der Waals surface area contributed by atoms with Gasteiger partial charge < -0.3 is 0 Å². The summed E-state index contributed by atoms with van der Waals surface area (Å²) in [5.74, 6) is 0.628. The van der Waals surface area contributed by atoms with Gasteiger partial charge in [-0.25, -0.2) is 4.68 Å². The first kappa shape index (κ1) is 16.6. The number of nitrogens with zero attached hydrogens (tertiary/aromatic N) is 5. The molecule has 0 saturated carbocycles. The third-order valence-electron chi connectivity index (χ3n) is 3.97. The minimum Gasteiger partial charge on any atom is -0.274 e. The summed E-state index contributed by atoms with van der Waals surface area (Å²) in [4.78, 5) is 25.8. The fourth-order valence-corrected chi connectivity index (χ4v) is 3.52. The van der Waals surface area contributed by atoms with Gasteiger partial charge in [0.1, 0.15) is 0 Å². The predicted molar refractivity (Wildman–Crippen MR) is 89.8 cm³/mol. The van der Waals surface area contributed by atoms with Crippen molar-refractivity contribution in [2.45, 2.75) is 30.8 Å². The number of hydrogen-bond donors (Lipinski definition) is 0. The van der Waals surface area contributed by atoms with E-state index < -0.39 is 0 Å². The molecule has 1 aromatic carbocycles. The average molecular weight is 345 g/mol. The summed E-state index contributed by atoms with van der Waals surface area (Å²) in [6, 6.07) is 7.01. The Morgan fingerprint density at radius 3 is 2.29 bits per heavy atom. The second kappa shape index (κ2) is 7.57. The van der Waals surface area contributed by atoms with Crippen LogP contribution in [0.25, 0.3) is 0 Å². The molecule has 1 aliphatic heterocycles. The highest BCUT2D eigenvalue weighted by Crippen LogP contribution is 2.23. The van der Waals surface area contributed by atoms with E-state index in [1.165, 1.54) is 4.90 Å². The molecule has 1 aromatic heterocycles. The molecule has 0 N–H and O–H groups in total. The number of amides is 2. The molecule has 0 spiro atoms. The summed E-state index contributed by atoms with van der Waals surface area (Å²) in [5.41, 5.74) is 1.05. The van der Waals surface area contributed by atoms with Gasteiger partial charge in [0, 0.05) is 19.3 Å². The molecular formula is C16H19N5O2S. The van der Waals surface area contributed by atoms with E-state index in [-0.39, 0.29) is 11.8 Å². The highest BCUT2D eigenvalue weighted by atomic mass is 32.2. The Kier molecular flexibility index (Phi) is 5.24. The summed E-state index contributed by atoms with van der Waals surface area (Å²) in [6.07, 6.45) is 3.94. The molecule has 8 heteroatoms. The van der Waals surface area contributed by atoms with E-state index in [4.69, 9.17) is 0 Å². The van der Waals surface area contributed by atoms with E-state index in [0.29, 0.717) is 17.7 Å². The van der Waals surface area contributed by atoms with Crippen LogP contribution in [0, 0.1) is 0 Å². The van der Waals surface area contributed by atoms with Crippen molar-refractivity contribution in [1.82, 2.24) is 25.1 Å². The van der Waals surface area contributed by atoms with Crippen LogP contribution < -0.4 is 0 Å². The van der Waals surface area contributed by atoms with E-state index in [9.17, 15) is 9.59 Å². The van der Waals surface area contributed by atoms with E-state index in [1.54, 1.807) is 40.7 Å². The number of benzene rings is 1. The monoisotopic (exact) mass is 345 g/mol. The van der Waals surface area contributed by atoms with Gasteiger partial charge in [-0.05, 0) is 35.4 Å². The number of tetrazole rings is 1. The smallest absolute Gasteiger partial charge is 0.261 e. The Labute approximate surface area is 144 Å². The molecule has 3 rings (SSSR count). The molecule has 1 aliphatic rings. The highest BCUT2D eigenvalue weighted by molar-refractivity contribution is 7.99. The summed E-state index contributed by atoms with van der Waals surface area (Å²) in [5, 5.41) is 12.1. The fraction of sp³-hybridized carbons (Fsp3) is 0.438. The number of carbonyl (C=O) groups excluding carboxylic acids is 2. The van der Waals surface area contributed by atoms with Crippen LogP contribution in [0.1, 0.15) is 46.4 Å². The Bertz CT molecular complexity index is 711. The normalized spacial score (nSPS) is 13.6. The third kappa shape index (κ3) is 3.48. The van der Waals surface area contributed by atoms with Crippen LogP contribution >= 0.6 is 11.8 Å². The van der Waals surface area contributed by atoms with Crippen LogP contribution in [0.3, 0.4) is 0 Å². The molecule has 0 unspecified atom stereocenters. The van der Waals surface area contributed by atoms with Crippen molar-refractivity contribution in [2.75, 3.05) is 12.3 Å². The molecule has 0 radical (unpaired) electrons. The average Bonchev–Trinajstić information content (AvgIpc) is 3.10. The number of thioether (sulfide) groups is 1. The first-order chi connectivity index (χ1) is 11.7. The van der Waals surface area contributed by atoms with Crippen LogP contribution in [0.2, 0.25) is 0 Å². The number of aryl methyl sites for hydroxylation is 1. The Morgan fingerprint density at radius 1 is 1.00 bits per heavy atom. The first-order valence-corrected chi connectivity index (χ1v) is 8.97. The molecule has 0 aliphatic carbocycles. The fourth-order valence-electron chi connectivity index (χ4n) is 2.67. The van der Waals surface area contributed by atoms with Gasteiger partial charge in [-0.3, -0.25) is 14.5 Å². The second-order valence-electron chi connectivity index (χ2n) is 5.66. The third-order valence-corrected chi connectivity index (χ3v) is 5.06. The molecule has 7 nitrogen and oxygen atoms in total. The van der Waals surface area contributed by atoms with E-state index in [0.717, 1.165) is 36.6 Å². The molecule has 0 atom stereocenters. The number of aromatic nitrogens is 4. The quantitative estimate of drug-likeness (QED) is 0.414. The van der Waals surface area contributed by atoms with Crippen LogP contribution in [0.4, 0.5) is 0 Å². The first-order valence-electron chi connectivity index (χ1n) is 7.99. The zero-order valence-electron chi connectivity index (χ0n) is 13.5. The van der Waals surface area contributed by atoms with Gasteiger partial charge in [-0.1, -0.05) is 36.7 Å². The van der Waals surface area contributed by atoms with E-state index >= 15 is 0 Å². The van der Waals surface area contributed by atoms with Crippen LogP contribution in [-0.4, -0.2) is 49.2 Å². The predicted octanol–water partition coefficient (Wildman–Crippen LogP) is 2.16. The zero-order valence-corrected chi connectivity index (χ0v) is 14.3. The molecule has 0 fully saturated rings. The maximum atomic E-state index is 12.2. The summed E-state index contributed by atoms with van der Waals surface area (Å²) in [6.45, 7) is 0.493. The van der Waals surface area contributed by atoms with Crippen molar-refractivity contribution >= 4 is 23.6 Å². The molecule has 0 saturated heterocycles. The number of rotatable bonds is 8. The lowest BCUT2D eigenvalue weighted by molar-refractivity contribution is 0.0651. The van der Waals surface area contributed by atoms with Crippen molar-refractivity contribution in [3.05, 3.63) is 35.4 Å². The van der Waals surface area contributed by atoms with Gasteiger partial charge >= 0.3 is 0 Å². The molecule has 2 amide bonds. The standard InChI is InChI=1S/C16H19N5O2S/c1-20-16(17-18-19-20)24-11-7-3-2-6-10-21-14(22)12-8-4-5-9-13(12)15(21)23/h4-5,8-9H,2-3,6-7,10-11H2,1H3. The highest BCUT2D eigenvalue weighted by Gasteiger charge is 2.34. The molecular weight excluding hydrogens is 326 g/mol. The minimum absolute atomic E-state index is 0.166. The van der Waals surface area contributed by atoms with Gasteiger partial charge in [-0.2, -0.15) is 0 Å². The van der Waals surface area contributed by atoms with Crippen LogP contribution in [0.5, 0.6) is 0 Å². The van der Waals surface area contributed by atoms with Crippen molar-refractivity contribution < 1.29 is 9.59 Å². The number of fused-ring (bicyclic) bond motifs is 1. The lowest BCUT2D eigenvalue weighted by Crippen LogP contribution is -2.30. The van der Waals surface area contributed by atoms with Gasteiger partial charge in [0.25, 0.3) is 11.8 Å². The van der Waals surface area contributed by atoms with Crippen molar-refractivity contribution in [2.24, 2.45) is 7.05 Å². The van der Waals surface area contributed by atoms with Crippen LogP contribution in [0.15, 0.2) is 29.4 Å². The molecule has 24 heavy (non-hydrogen) atoms. The molecule has 0 bridgehead atoms. The maximum Gasteiger partial charge on any atom is 0.261 e. The van der Waals surface area contributed by atoms with Crippen molar-refractivity contribution in [3.8, 4) is 0 Å². The minimum atomic E-state index is -0.166. The van der Waals surface area contributed by atoms with Crippen LogP contribution in [-0.2, 0) is 7.05 Å². The number of imide groups is 1. The van der Waals surface area contributed by atoms with Crippen molar-refractivity contribution in [3.63, 3.8) is 0 Å². The Hall–Kier alpha value is -2.22. The summed E-state index contributed by atoms with van der Waals surface area (Å²) in [7, 11) is 1.82. The lowest BCUT2D eigenvalue weighted by atomic mass is 10.1. The second-order valence-corrected chi connectivity index (χ2v) is 6.72. The zero-order chi connectivity index (χ0) is 16.9. The summed E-state index contributed by atoms with van der Waals surface area (Å²) < 4.78 is 1.66. The molecule has 2 aromatic rings. The Morgan fingerprint density at radius 2 is 1.67 bits per heavy atom. The van der Waals surface area contributed by atoms with Crippen molar-refractivity contribution in [1.29, 1.82) is 0 Å². The van der Waals surface area contributed by atoms with Gasteiger partial charge in [0.15, 0.2) is 0 Å². The van der Waals surface area contributed by atoms with E-state index in [2.05, 4.69) is 15.5 Å².